The fourth-order valence-corrected chi connectivity index (χ4v) is 2.24. The van der Waals surface area contributed by atoms with Gasteiger partial charge in [0, 0.05) is 24.3 Å². The molecule has 0 atom stereocenters. The average molecular weight is 246 g/mol. The molecule has 1 aromatic heterocycles. The van der Waals surface area contributed by atoms with Crippen molar-refractivity contribution in [1.29, 1.82) is 0 Å². The molecule has 0 fully saturated rings. The molecule has 17 heavy (non-hydrogen) atoms. The largest absolute Gasteiger partial charge is 0.332 e. The van der Waals surface area contributed by atoms with Crippen molar-refractivity contribution in [2.24, 2.45) is 7.05 Å². The van der Waals surface area contributed by atoms with Gasteiger partial charge >= 0.3 is 0 Å². The van der Waals surface area contributed by atoms with E-state index in [2.05, 4.69) is 4.98 Å². The molecule has 0 saturated carbocycles. The predicted molar refractivity (Wildman–Crippen MR) is 69.4 cm³/mol. The van der Waals surface area contributed by atoms with Crippen molar-refractivity contribution >= 4 is 17.5 Å². The monoisotopic (exact) mass is 246 g/mol. The van der Waals surface area contributed by atoms with Crippen molar-refractivity contribution in [2.75, 3.05) is 5.75 Å². The summed E-state index contributed by atoms with van der Waals surface area (Å²) in [6.45, 7) is 2.05. The van der Waals surface area contributed by atoms with E-state index in [0.717, 1.165) is 4.90 Å². The van der Waals surface area contributed by atoms with Gasteiger partial charge < -0.3 is 4.57 Å². The zero-order valence-electron chi connectivity index (χ0n) is 9.88. The number of Topliss-reactive ketones (excluding diaryl/α,β-unsaturated/α-hetero) is 1. The SMILES string of the molecule is Cc1ccc(SCC(=O)c2nccn2C)cc1. The molecule has 3 nitrogen and oxygen atoms in total. The molecule has 0 unspecified atom stereocenters. The van der Waals surface area contributed by atoms with E-state index < -0.39 is 0 Å². The quantitative estimate of drug-likeness (QED) is 0.614. The van der Waals surface area contributed by atoms with E-state index in [0.29, 0.717) is 11.6 Å². The van der Waals surface area contributed by atoms with E-state index in [1.165, 1.54) is 5.56 Å². The molecular formula is C13H14N2OS. The van der Waals surface area contributed by atoms with E-state index in [1.54, 1.807) is 28.7 Å². The lowest BCUT2D eigenvalue weighted by Crippen LogP contribution is -2.09. The average Bonchev–Trinajstić information content (AvgIpc) is 2.74. The van der Waals surface area contributed by atoms with Crippen molar-refractivity contribution in [2.45, 2.75) is 11.8 Å². The number of carbonyl (C=O) groups is 1. The Labute approximate surface area is 105 Å². The number of carbonyl (C=O) groups excluding carboxylic acids is 1. The number of hydrogen-bond acceptors (Lipinski definition) is 3. The number of imidazole rings is 1. The van der Waals surface area contributed by atoms with Crippen LogP contribution < -0.4 is 0 Å². The molecular weight excluding hydrogens is 232 g/mol. The minimum Gasteiger partial charge on any atom is -0.332 e. The highest BCUT2D eigenvalue weighted by molar-refractivity contribution is 8.00. The molecule has 2 aromatic rings. The fourth-order valence-electron chi connectivity index (χ4n) is 1.48. The Morgan fingerprint density at radius 3 is 2.65 bits per heavy atom. The van der Waals surface area contributed by atoms with Gasteiger partial charge in [-0.25, -0.2) is 4.98 Å². The van der Waals surface area contributed by atoms with Gasteiger partial charge in [0.05, 0.1) is 5.75 Å². The van der Waals surface area contributed by atoms with Crippen LogP contribution in [-0.4, -0.2) is 21.1 Å². The maximum Gasteiger partial charge on any atom is 0.208 e. The lowest BCUT2D eigenvalue weighted by Gasteiger charge is -2.02. The minimum absolute atomic E-state index is 0.0584. The van der Waals surface area contributed by atoms with Gasteiger partial charge in [0.15, 0.2) is 5.82 Å². The van der Waals surface area contributed by atoms with Crippen LogP contribution in [0.25, 0.3) is 0 Å². The second-order valence-corrected chi connectivity index (χ2v) is 4.94. The van der Waals surface area contributed by atoms with Crippen LogP contribution in [0.1, 0.15) is 16.2 Å². The Hall–Kier alpha value is -1.55. The molecule has 0 amide bonds. The second kappa shape index (κ2) is 5.19. The highest BCUT2D eigenvalue weighted by atomic mass is 32.2. The maximum absolute atomic E-state index is 11.9. The van der Waals surface area contributed by atoms with Crippen LogP contribution in [0.2, 0.25) is 0 Å². The summed E-state index contributed by atoms with van der Waals surface area (Å²) in [5.41, 5.74) is 1.23. The molecule has 4 heteroatoms. The normalized spacial score (nSPS) is 10.5. The van der Waals surface area contributed by atoms with Crippen LogP contribution in [0.15, 0.2) is 41.6 Å². The van der Waals surface area contributed by atoms with Crippen molar-refractivity contribution in [3.05, 3.63) is 48.0 Å². The Morgan fingerprint density at radius 2 is 2.06 bits per heavy atom. The van der Waals surface area contributed by atoms with Crippen LogP contribution in [0.4, 0.5) is 0 Å². The Bertz CT molecular complexity index is 516. The highest BCUT2D eigenvalue weighted by Crippen LogP contribution is 2.19. The van der Waals surface area contributed by atoms with Crippen molar-refractivity contribution in [3.8, 4) is 0 Å². The molecule has 0 spiro atoms. The first-order valence-electron chi connectivity index (χ1n) is 5.37. The third kappa shape index (κ3) is 2.97. The van der Waals surface area contributed by atoms with Crippen LogP contribution in [-0.2, 0) is 7.05 Å². The number of aryl methyl sites for hydroxylation is 2. The number of benzene rings is 1. The van der Waals surface area contributed by atoms with E-state index in [-0.39, 0.29) is 5.78 Å². The maximum atomic E-state index is 11.9. The third-order valence-electron chi connectivity index (χ3n) is 2.46. The van der Waals surface area contributed by atoms with Gasteiger partial charge in [-0.15, -0.1) is 11.8 Å². The standard InChI is InChI=1S/C13H14N2OS/c1-10-3-5-11(6-4-10)17-9-12(16)13-14-7-8-15(13)2/h3-8H,9H2,1-2H3. The van der Waals surface area contributed by atoms with Gasteiger partial charge in [-0.2, -0.15) is 0 Å². The van der Waals surface area contributed by atoms with Gasteiger partial charge in [0.2, 0.25) is 5.78 Å². The summed E-state index contributed by atoms with van der Waals surface area (Å²) in [6, 6.07) is 8.17. The fraction of sp³-hybridized carbons (Fsp3) is 0.231. The lowest BCUT2D eigenvalue weighted by molar-refractivity contribution is 0.101. The van der Waals surface area contributed by atoms with E-state index >= 15 is 0 Å². The molecule has 0 aliphatic carbocycles. The molecule has 2 rings (SSSR count). The number of rotatable bonds is 4. The molecule has 0 radical (unpaired) electrons. The molecule has 0 aliphatic rings. The van der Waals surface area contributed by atoms with Crippen molar-refractivity contribution in [3.63, 3.8) is 0 Å². The van der Waals surface area contributed by atoms with Crippen LogP contribution in [0.5, 0.6) is 0 Å². The lowest BCUT2D eigenvalue weighted by atomic mass is 10.2. The van der Waals surface area contributed by atoms with Crippen molar-refractivity contribution < 1.29 is 4.79 Å². The van der Waals surface area contributed by atoms with Gasteiger partial charge in [-0.3, -0.25) is 4.79 Å². The Balaban J connectivity index is 1.97. The number of hydrogen-bond donors (Lipinski definition) is 0. The first-order valence-corrected chi connectivity index (χ1v) is 6.35. The minimum atomic E-state index is 0.0584. The molecule has 88 valence electrons. The summed E-state index contributed by atoms with van der Waals surface area (Å²) in [7, 11) is 1.83. The first-order chi connectivity index (χ1) is 8.16. The zero-order valence-corrected chi connectivity index (χ0v) is 10.7. The van der Waals surface area contributed by atoms with Crippen LogP contribution >= 0.6 is 11.8 Å². The number of nitrogens with zero attached hydrogens (tertiary/aromatic N) is 2. The predicted octanol–water partition coefficient (Wildman–Crippen LogP) is 2.70. The summed E-state index contributed by atoms with van der Waals surface area (Å²) >= 11 is 1.54. The number of aromatic nitrogens is 2. The summed E-state index contributed by atoms with van der Waals surface area (Å²) < 4.78 is 1.75. The van der Waals surface area contributed by atoms with Gasteiger partial charge in [-0.05, 0) is 19.1 Å². The third-order valence-corrected chi connectivity index (χ3v) is 3.47. The number of ketones is 1. The Kier molecular flexibility index (Phi) is 3.64. The molecule has 0 N–H and O–H groups in total. The summed E-state index contributed by atoms with van der Waals surface area (Å²) in [5, 5.41) is 0. The Morgan fingerprint density at radius 1 is 1.35 bits per heavy atom. The molecule has 0 bridgehead atoms. The summed E-state index contributed by atoms with van der Waals surface area (Å²) in [6.07, 6.45) is 3.42. The topological polar surface area (TPSA) is 34.9 Å². The highest BCUT2D eigenvalue weighted by Gasteiger charge is 2.10. The molecule has 1 heterocycles. The van der Waals surface area contributed by atoms with E-state index in [1.807, 2.05) is 38.2 Å². The number of thioether (sulfide) groups is 1. The first kappa shape index (κ1) is 11.9. The van der Waals surface area contributed by atoms with Crippen LogP contribution in [0.3, 0.4) is 0 Å². The second-order valence-electron chi connectivity index (χ2n) is 3.89. The summed E-state index contributed by atoms with van der Waals surface area (Å²) in [5.74, 6) is 1.00. The van der Waals surface area contributed by atoms with Gasteiger partial charge in [0.1, 0.15) is 0 Å². The molecule has 0 aliphatic heterocycles. The van der Waals surface area contributed by atoms with E-state index in [4.69, 9.17) is 0 Å². The smallest absolute Gasteiger partial charge is 0.208 e. The zero-order chi connectivity index (χ0) is 12.3. The van der Waals surface area contributed by atoms with Gasteiger partial charge in [-0.1, -0.05) is 17.7 Å². The van der Waals surface area contributed by atoms with Gasteiger partial charge in [0.25, 0.3) is 0 Å². The molecule has 0 saturated heterocycles. The van der Waals surface area contributed by atoms with E-state index in [9.17, 15) is 4.79 Å². The molecule has 1 aromatic carbocycles. The van der Waals surface area contributed by atoms with Crippen molar-refractivity contribution in [1.82, 2.24) is 9.55 Å². The summed E-state index contributed by atoms with van der Waals surface area (Å²) in [4.78, 5) is 17.0. The van der Waals surface area contributed by atoms with Crippen LogP contribution in [0, 0.1) is 6.92 Å².